The van der Waals surface area contributed by atoms with E-state index < -0.39 is 36.3 Å². The lowest BCUT2D eigenvalue weighted by Crippen LogP contribution is -2.42. The fourth-order valence-electron chi connectivity index (χ4n) is 2.75. The van der Waals surface area contributed by atoms with Gasteiger partial charge in [-0.25, -0.2) is 14.7 Å². The minimum Gasteiger partial charge on any atom is -0.481 e. The maximum atomic E-state index is 12.3. The highest BCUT2D eigenvalue weighted by atomic mass is 16.4. The van der Waals surface area contributed by atoms with Crippen LogP contribution in [0.1, 0.15) is 13.3 Å². The van der Waals surface area contributed by atoms with Gasteiger partial charge in [0.1, 0.15) is 12.2 Å². The van der Waals surface area contributed by atoms with Crippen LogP contribution in [0.4, 0.5) is 10.7 Å². The van der Waals surface area contributed by atoms with E-state index in [1.165, 1.54) is 6.92 Å². The topological polar surface area (TPSA) is 157 Å². The van der Waals surface area contributed by atoms with Gasteiger partial charge in [-0.05, 0) is 18.6 Å². The Morgan fingerprint density at radius 2 is 2.07 bits per heavy atom. The molecule has 0 aliphatic carbocycles. The Labute approximate surface area is 171 Å². The lowest BCUT2D eigenvalue weighted by atomic mass is 10.2. The van der Waals surface area contributed by atoms with Gasteiger partial charge in [-0.3, -0.25) is 14.4 Å². The number of H-pyrrole nitrogens is 1. The highest BCUT2D eigenvalue weighted by Gasteiger charge is 2.34. The Bertz CT molecular complexity index is 981. The van der Waals surface area contributed by atoms with E-state index in [1.54, 1.807) is 6.08 Å². The van der Waals surface area contributed by atoms with Crippen molar-refractivity contribution in [2.24, 2.45) is 5.92 Å². The molecule has 0 spiro atoms. The van der Waals surface area contributed by atoms with Crippen LogP contribution in [0, 0.1) is 5.92 Å². The second-order valence-electron chi connectivity index (χ2n) is 6.80. The number of imidazole rings is 1. The van der Waals surface area contributed by atoms with Gasteiger partial charge >= 0.3 is 12.0 Å². The molecular formula is C19H22N6O5. The molecule has 1 saturated heterocycles. The molecule has 1 aliphatic heterocycles. The number of hydrogen-bond acceptors (Lipinski definition) is 6. The lowest BCUT2D eigenvalue weighted by molar-refractivity contribution is -0.141. The number of rotatable bonds is 9. The molecule has 0 radical (unpaired) electrons. The van der Waals surface area contributed by atoms with Crippen LogP contribution in [0.5, 0.6) is 0 Å². The Morgan fingerprint density at radius 1 is 1.30 bits per heavy atom. The van der Waals surface area contributed by atoms with Gasteiger partial charge in [-0.15, -0.1) is 0 Å². The first-order valence-corrected chi connectivity index (χ1v) is 9.36. The number of imide groups is 1. The maximum Gasteiger partial charge on any atom is 0.329 e. The van der Waals surface area contributed by atoms with Gasteiger partial charge in [0, 0.05) is 13.1 Å². The zero-order valence-electron chi connectivity index (χ0n) is 16.3. The van der Waals surface area contributed by atoms with Crippen molar-refractivity contribution in [2.75, 3.05) is 25.0 Å². The second kappa shape index (κ2) is 9.07. The van der Waals surface area contributed by atoms with Gasteiger partial charge in [0.2, 0.25) is 11.9 Å². The molecule has 3 rings (SSSR count). The molecule has 4 amide bonds. The summed E-state index contributed by atoms with van der Waals surface area (Å²) in [7, 11) is 0. The van der Waals surface area contributed by atoms with Gasteiger partial charge < -0.3 is 26.0 Å². The first-order valence-electron chi connectivity index (χ1n) is 9.36. The summed E-state index contributed by atoms with van der Waals surface area (Å²) in [6.45, 7) is 1.34. The number of aliphatic carboxylic acids is 1. The van der Waals surface area contributed by atoms with Crippen LogP contribution >= 0.6 is 0 Å². The van der Waals surface area contributed by atoms with E-state index in [1.807, 2.05) is 24.3 Å². The average molecular weight is 414 g/mol. The molecule has 11 nitrogen and oxygen atoms in total. The molecule has 158 valence electrons. The summed E-state index contributed by atoms with van der Waals surface area (Å²) < 4.78 is 0. The molecule has 1 unspecified atom stereocenters. The number of carbonyl (C=O) groups excluding carboxylic acids is 3. The number of fused-ring (bicyclic) bond motifs is 1. The minimum atomic E-state index is -1.05. The SMILES string of the molecule is CC(CNC(=O)CN1C(=O)N/C(=C\CCNc2nc3ccccc3[nH]2)C1=O)C(=O)O. The van der Waals surface area contributed by atoms with Gasteiger partial charge in [0.25, 0.3) is 5.91 Å². The predicted molar refractivity (Wildman–Crippen MR) is 107 cm³/mol. The zero-order chi connectivity index (χ0) is 21.7. The molecule has 1 fully saturated rings. The van der Waals surface area contributed by atoms with Crippen LogP contribution in [0.2, 0.25) is 0 Å². The third-order valence-electron chi connectivity index (χ3n) is 4.47. The van der Waals surface area contributed by atoms with Crippen molar-refractivity contribution in [1.29, 1.82) is 0 Å². The van der Waals surface area contributed by atoms with Crippen molar-refractivity contribution in [3.63, 3.8) is 0 Å². The number of urea groups is 1. The fraction of sp³-hybridized carbons (Fsp3) is 0.316. The summed E-state index contributed by atoms with van der Waals surface area (Å²) in [4.78, 5) is 55.3. The largest absolute Gasteiger partial charge is 0.481 e. The van der Waals surface area contributed by atoms with Crippen molar-refractivity contribution < 1.29 is 24.3 Å². The number of aromatic amines is 1. The maximum absolute atomic E-state index is 12.3. The molecule has 1 aliphatic rings. The first kappa shape index (κ1) is 20.8. The number of anilines is 1. The Morgan fingerprint density at radius 3 is 2.80 bits per heavy atom. The average Bonchev–Trinajstić information content (AvgIpc) is 3.24. The van der Waals surface area contributed by atoms with E-state index in [0.717, 1.165) is 15.9 Å². The number of nitrogens with zero attached hydrogens (tertiary/aromatic N) is 2. The first-order chi connectivity index (χ1) is 14.3. The van der Waals surface area contributed by atoms with Crippen molar-refractivity contribution in [3.05, 3.63) is 36.0 Å². The van der Waals surface area contributed by atoms with Crippen LogP contribution in [-0.2, 0) is 14.4 Å². The predicted octanol–water partition coefficient (Wildman–Crippen LogP) is 0.637. The summed E-state index contributed by atoms with van der Waals surface area (Å²) in [5, 5.41) is 16.7. The third kappa shape index (κ3) is 4.93. The molecule has 0 bridgehead atoms. The fourth-order valence-corrected chi connectivity index (χ4v) is 2.75. The second-order valence-corrected chi connectivity index (χ2v) is 6.80. The summed E-state index contributed by atoms with van der Waals surface area (Å²) in [6.07, 6.45) is 2.01. The van der Waals surface area contributed by atoms with E-state index in [2.05, 4.69) is 25.9 Å². The number of benzene rings is 1. The number of amides is 4. The van der Waals surface area contributed by atoms with Crippen molar-refractivity contribution in [3.8, 4) is 0 Å². The molecule has 1 aromatic carbocycles. The highest BCUT2D eigenvalue weighted by molar-refractivity contribution is 6.13. The minimum absolute atomic E-state index is 0.0893. The van der Waals surface area contributed by atoms with E-state index >= 15 is 0 Å². The van der Waals surface area contributed by atoms with E-state index in [-0.39, 0.29) is 12.2 Å². The molecule has 5 N–H and O–H groups in total. The van der Waals surface area contributed by atoms with Crippen LogP contribution in [0.25, 0.3) is 11.0 Å². The Hall–Kier alpha value is -3.89. The summed E-state index contributed by atoms with van der Waals surface area (Å²) >= 11 is 0. The molecule has 11 heteroatoms. The van der Waals surface area contributed by atoms with Crippen LogP contribution < -0.4 is 16.0 Å². The van der Waals surface area contributed by atoms with Crippen LogP contribution in [-0.4, -0.2) is 63.4 Å². The monoisotopic (exact) mass is 414 g/mol. The number of hydrogen-bond donors (Lipinski definition) is 5. The normalized spacial score (nSPS) is 16.0. The molecule has 2 aromatic rings. The molecule has 0 saturated carbocycles. The summed E-state index contributed by atoms with van der Waals surface area (Å²) in [6, 6.07) is 6.90. The number of carboxylic acid groups (broad SMARTS) is 1. The number of para-hydroxylation sites is 2. The van der Waals surface area contributed by atoms with Crippen molar-refractivity contribution >= 4 is 40.8 Å². The standard InChI is InChI=1S/C19H22N6O5/c1-11(17(28)29)9-21-15(26)10-25-16(27)14(24-19(25)30)7-4-8-20-18-22-12-5-2-3-6-13(12)23-18/h2-3,5-7,11H,4,8-10H2,1H3,(H,21,26)(H,24,30)(H,28,29)(H2,20,22,23)/b14-7-. The molecule has 1 atom stereocenters. The van der Waals surface area contributed by atoms with Gasteiger partial charge in [-0.2, -0.15) is 0 Å². The molecule has 2 heterocycles. The van der Waals surface area contributed by atoms with E-state index in [4.69, 9.17) is 5.11 Å². The Kier molecular flexibility index (Phi) is 6.30. The van der Waals surface area contributed by atoms with E-state index in [0.29, 0.717) is 18.9 Å². The molecular weight excluding hydrogens is 392 g/mol. The van der Waals surface area contributed by atoms with Gasteiger partial charge in [-0.1, -0.05) is 25.1 Å². The van der Waals surface area contributed by atoms with E-state index in [9.17, 15) is 19.2 Å². The van der Waals surface area contributed by atoms with Gasteiger partial charge in [0.05, 0.1) is 17.0 Å². The smallest absolute Gasteiger partial charge is 0.329 e. The highest BCUT2D eigenvalue weighted by Crippen LogP contribution is 2.14. The molecule has 1 aromatic heterocycles. The Balaban J connectivity index is 1.48. The lowest BCUT2D eigenvalue weighted by Gasteiger charge is -2.13. The molecule has 30 heavy (non-hydrogen) atoms. The number of aromatic nitrogens is 2. The summed E-state index contributed by atoms with van der Waals surface area (Å²) in [5.41, 5.74) is 1.84. The number of carboxylic acids is 1. The van der Waals surface area contributed by atoms with Crippen molar-refractivity contribution in [2.45, 2.75) is 13.3 Å². The van der Waals surface area contributed by atoms with Crippen molar-refractivity contribution in [1.82, 2.24) is 25.5 Å². The van der Waals surface area contributed by atoms with Gasteiger partial charge in [0.15, 0.2) is 0 Å². The van der Waals surface area contributed by atoms with Crippen LogP contribution in [0.3, 0.4) is 0 Å². The quantitative estimate of drug-likeness (QED) is 0.229. The zero-order valence-corrected chi connectivity index (χ0v) is 16.3. The number of carbonyl (C=O) groups is 4. The number of nitrogens with one attached hydrogen (secondary N) is 4. The summed E-state index contributed by atoms with van der Waals surface area (Å²) in [5.74, 6) is -2.44. The van der Waals surface area contributed by atoms with Crippen LogP contribution in [0.15, 0.2) is 36.0 Å². The third-order valence-corrected chi connectivity index (χ3v) is 4.47.